The zero-order valence-corrected chi connectivity index (χ0v) is 16.3. The van der Waals surface area contributed by atoms with Crippen molar-refractivity contribution in [3.05, 3.63) is 53.6 Å². The van der Waals surface area contributed by atoms with E-state index in [0.717, 1.165) is 49.4 Å². The second-order valence-electron chi connectivity index (χ2n) is 6.65. The number of hydrogen-bond acceptors (Lipinski definition) is 5. The summed E-state index contributed by atoms with van der Waals surface area (Å²) in [5.74, 6) is -1.05. The highest BCUT2D eigenvalue weighted by atomic mass is 32.2. The molecule has 150 valence electrons. The Balaban J connectivity index is 2.01. The minimum atomic E-state index is -4.58. The number of aromatic carboxylic acids is 1. The van der Waals surface area contributed by atoms with Crippen LogP contribution >= 0.6 is 0 Å². The molecule has 1 fully saturated rings. The van der Waals surface area contributed by atoms with E-state index < -0.39 is 35.9 Å². The molecule has 0 spiro atoms. The molecule has 0 aromatic heterocycles. The van der Waals surface area contributed by atoms with Crippen LogP contribution in [-0.2, 0) is 20.1 Å². The first-order chi connectivity index (χ1) is 13.1. The summed E-state index contributed by atoms with van der Waals surface area (Å²) < 4.78 is 59.3. The van der Waals surface area contributed by atoms with E-state index in [2.05, 4.69) is 4.72 Å². The monoisotopic (exact) mass is 425 g/mol. The van der Waals surface area contributed by atoms with Gasteiger partial charge >= 0.3 is 5.97 Å². The molecule has 0 amide bonds. The summed E-state index contributed by atoms with van der Waals surface area (Å²) in [6, 6.07) is 8.75. The van der Waals surface area contributed by atoms with Crippen molar-refractivity contribution < 1.29 is 31.3 Å². The van der Waals surface area contributed by atoms with Crippen molar-refractivity contribution in [2.75, 3.05) is 4.72 Å². The molecule has 28 heavy (non-hydrogen) atoms. The molecule has 0 heterocycles. The van der Waals surface area contributed by atoms with Gasteiger partial charge in [-0.2, -0.15) is 8.42 Å². The van der Waals surface area contributed by atoms with Crippen LogP contribution in [0.3, 0.4) is 0 Å². The summed E-state index contributed by atoms with van der Waals surface area (Å²) in [5, 5.41) is 9.39. The van der Waals surface area contributed by atoms with Gasteiger partial charge in [0.15, 0.2) is 0 Å². The molecule has 0 atom stereocenters. The molecule has 1 aliphatic carbocycles. The topological polar surface area (TPSA) is 138 Å². The van der Waals surface area contributed by atoms with Crippen molar-refractivity contribution >= 4 is 31.8 Å². The standard InChI is InChI=1S/C18H19NO7S2/c20-18(21)16-9-8-13(12-4-1-2-5-12)10-17(16)19-27(22,23)14-6-3-7-15(11-14)28(24,25)26/h3,6-12,19H,1-2,4-5H2,(H,20,21)(H,24,25,26). The van der Waals surface area contributed by atoms with Crippen LogP contribution < -0.4 is 4.72 Å². The number of carbonyl (C=O) groups is 1. The van der Waals surface area contributed by atoms with Crippen LogP contribution in [-0.4, -0.2) is 32.5 Å². The van der Waals surface area contributed by atoms with Crippen LogP contribution in [0.2, 0.25) is 0 Å². The summed E-state index contributed by atoms with van der Waals surface area (Å²) in [6.07, 6.45) is 4.04. The lowest BCUT2D eigenvalue weighted by molar-refractivity contribution is 0.0698. The lowest BCUT2D eigenvalue weighted by Crippen LogP contribution is -2.16. The summed E-state index contributed by atoms with van der Waals surface area (Å²) in [7, 11) is -8.87. The van der Waals surface area contributed by atoms with Crippen LogP contribution in [0, 0.1) is 0 Å². The molecule has 3 N–H and O–H groups in total. The number of anilines is 1. The minimum Gasteiger partial charge on any atom is -0.478 e. The van der Waals surface area contributed by atoms with Gasteiger partial charge in [0, 0.05) is 0 Å². The fourth-order valence-electron chi connectivity index (χ4n) is 3.35. The summed E-state index contributed by atoms with van der Waals surface area (Å²) in [4.78, 5) is 10.5. The van der Waals surface area contributed by atoms with Crippen LogP contribution in [0.4, 0.5) is 5.69 Å². The fourth-order valence-corrected chi connectivity index (χ4v) is 5.07. The van der Waals surface area contributed by atoms with Crippen LogP contribution in [0.15, 0.2) is 52.3 Å². The fraction of sp³-hybridized carbons (Fsp3) is 0.278. The third kappa shape index (κ3) is 4.34. The van der Waals surface area contributed by atoms with Gasteiger partial charge in [-0.15, -0.1) is 0 Å². The van der Waals surface area contributed by atoms with Gasteiger partial charge in [-0.1, -0.05) is 25.0 Å². The molecular weight excluding hydrogens is 406 g/mol. The highest BCUT2D eigenvalue weighted by molar-refractivity contribution is 7.92. The zero-order valence-electron chi connectivity index (χ0n) is 14.7. The van der Waals surface area contributed by atoms with E-state index in [1.165, 1.54) is 18.2 Å². The predicted molar refractivity (Wildman–Crippen MR) is 102 cm³/mol. The molecule has 3 rings (SSSR count). The van der Waals surface area contributed by atoms with Crippen LogP contribution in [0.25, 0.3) is 0 Å². The SMILES string of the molecule is O=C(O)c1ccc(C2CCCC2)cc1NS(=O)(=O)c1cccc(S(=O)(=O)O)c1. The van der Waals surface area contributed by atoms with E-state index >= 15 is 0 Å². The maximum absolute atomic E-state index is 12.7. The average Bonchev–Trinajstić information content (AvgIpc) is 3.15. The maximum Gasteiger partial charge on any atom is 0.337 e. The third-order valence-corrected chi connectivity index (χ3v) is 6.97. The molecule has 0 aliphatic heterocycles. The lowest BCUT2D eigenvalue weighted by Gasteiger charge is -2.15. The van der Waals surface area contributed by atoms with Gasteiger partial charge in [0.2, 0.25) is 0 Å². The van der Waals surface area contributed by atoms with Crippen LogP contribution in [0.5, 0.6) is 0 Å². The number of carboxylic acid groups (broad SMARTS) is 1. The number of benzene rings is 2. The van der Waals surface area contributed by atoms with Crippen molar-refractivity contribution in [1.82, 2.24) is 0 Å². The Bertz CT molecular complexity index is 1120. The van der Waals surface area contributed by atoms with Gasteiger partial charge in [0.05, 0.1) is 21.0 Å². The van der Waals surface area contributed by atoms with E-state index in [9.17, 15) is 26.7 Å². The van der Waals surface area contributed by atoms with Gasteiger partial charge < -0.3 is 5.11 Å². The minimum absolute atomic E-state index is 0.0887. The highest BCUT2D eigenvalue weighted by Crippen LogP contribution is 2.36. The summed E-state index contributed by atoms with van der Waals surface area (Å²) in [6.45, 7) is 0. The van der Waals surface area contributed by atoms with E-state index in [1.54, 1.807) is 6.07 Å². The Morgan fingerprint density at radius 1 is 0.964 bits per heavy atom. The predicted octanol–water partition coefficient (Wildman–Crippen LogP) is 3.09. The normalized spacial score (nSPS) is 15.5. The second kappa shape index (κ2) is 7.53. The van der Waals surface area contributed by atoms with Crippen molar-refractivity contribution in [3.8, 4) is 0 Å². The number of rotatable bonds is 6. The quantitative estimate of drug-likeness (QED) is 0.605. The van der Waals surface area contributed by atoms with Crippen molar-refractivity contribution in [2.24, 2.45) is 0 Å². The molecule has 10 heteroatoms. The molecule has 0 bridgehead atoms. The molecule has 8 nitrogen and oxygen atoms in total. The number of sulfonamides is 1. The molecule has 0 unspecified atom stereocenters. The Morgan fingerprint density at radius 3 is 2.21 bits per heavy atom. The van der Waals surface area contributed by atoms with Gasteiger partial charge in [0.25, 0.3) is 20.1 Å². The number of carboxylic acids is 1. The van der Waals surface area contributed by atoms with Gasteiger partial charge in [-0.3, -0.25) is 9.27 Å². The van der Waals surface area contributed by atoms with E-state index in [-0.39, 0.29) is 17.2 Å². The van der Waals surface area contributed by atoms with Gasteiger partial charge in [0.1, 0.15) is 0 Å². The van der Waals surface area contributed by atoms with Crippen LogP contribution in [0.1, 0.15) is 47.5 Å². The number of nitrogens with one attached hydrogen (secondary N) is 1. The molecule has 1 saturated carbocycles. The van der Waals surface area contributed by atoms with Crippen molar-refractivity contribution in [3.63, 3.8) is 0 Å². The second-order valence-corrected chi connectivity index (χ2v) is 9.75. The Hall–Kier alpha value is -2.43. The smallest absolute Gasteiger partial charge is 0.337 e. The van der Waals surface area contributed by atoms with Crippen molar-refractivity contribution in [1.29, 1.82) is 0 Å². The first-order valence-electron chi connectivity index (χ1n) is 8.55. The molecule has 0 saturated heterocycles. The van der Waals surface area contributed by atoms with Gasteiger partial charge in [-0.05, 0) is 54.7 Å². The Kier molecular flexibility index (Phi) is 5.46. The maximum atomic E-state index is 12.7. The molecule has 2 aromatic rings. The van der Waals surface area contributed by atoms with Gasteiger partial charge in [-0.25, -0.2) is 13.2 Å². The largest absolute Gasteiger partial charge is 0.478 e. The molecule has 0 radical (unpaired) electrons. The van der Waals surface area contributed by atoms with Crippen molar-refractivity contribution in [2.45, 2.75) is 41.4 Å². The van der Waals surface area contributed by atoms with E-state index in [1.807, 2.05) is 0 Å². The molecule has 2 aromatic carbocycles. The number of hydrogen-bond donors (Lipinski definition) is 3. The molecule has 1 aliphatic rings. The lowest BCUT2D eigenvalue weighted by atomic mass is 9.96. The highest BCUT2D eigenvalue weighted by Gasteiger charge is 2.23. The first-order valence-corrected chi connectivity index (χ1v) is 11.5. The third-order valence-electron chi connectivity index (χ3n) is 4.76. The zero-order chi connectivity index (χ0) is 20.5. The Morgan fingerprint density at radius 2 is 1.61 bits per heavy atom. The first kappa shape index (κ1) is 20.3. The average molecular weight is 425 g/mol. The van der Waals surface area contributed by atoms with E-state index in [0.29, 0.717) is 0 Å². The summed E-state index contributed by atoms with van der Waals surface area (Å²) >= 11 is 0. The molecular formula is C18H19NO7S2. The summed E-state index contributed by atoms with van der Waals surface area (Å²) in [5.41, 5.74) is 0.553. The van der Waals surface area contributed by atoms with E-state index in [4.69, 9.17) is 4.55 Å². The Labute approximate surface area is 163 Å².